The van der Waals surface area contributed by atoms with E-state index in [2.05, 4.69) is 25.6 Å². The quantitative estimate of drug-likeness (QED) is 0.247. The highest BCUT2D eigenvalue weighted by molar-refractivity contribution is 6.17. The molecule has 12 heteroatoms. The maximum atomic E-state index is 13.8. The lowest BCUT2D eigenvalue weighted by molar-refractivity contribution is -0.130. The number of carbonyl (C=O) groups excluding carboxylic acids is 2. The predicted molar refractivity (Wildman–Crippen MR) is 158 cm³/mol. The van der Waals surface area contributed by atoms with Crippen molar-refractivity contribution < 1.29 is 9.59 Å². The smallest absolute Gasteiger partial charge is 0.255 e. The van der Waals surface area contributed by atoms with E-state index in [0.29, 0.717) is 47.9 Å². The molecule has 0 spiro atoms. The van der Waals surface area contributed by atoms with Crippen molar-refractivity contribution in [2.75, 3.05) is 11.4 Å². The third-order valence-electron chi connectivity index (χ3n) is 7.56. The number of halogens is 1. The van der Waals surface area contributed by atoms with Gasteiger partial charge in [0.25, 0.3) is 11.5 Å². The number of pyridine rings is 1. The number of nitrogens with two attached hydrogens (primary N) is 2. The van der Waals surface area contributed by atoms with Gasteiger partial charge in [0, 0.05) is 23.2 Å². The Morgan fingerprint density at radius 2 is 1.66 bits per heavy atom. The highest BCUT2D eigenvalue weighted by Gasteiger charge is 2.35. The molecule has 1 aliphatic rings. The zero-order chi connectivity index (χ0) is 28.1. The summed E-state index contributed by atoms with van der Waals surface area (Å²) in [5, 5.41) is 14.0. The van der Waals surface area contributed by atoms with Crippen LogP contribution in [-0.4, -0.2) is 50.0 Å². The molecular formula is C29H33ClN8O3. The summed E-state index contributed by atoms with van der Waals surface area (Å²) in [5.41, 5.74) is 15.4. The highest BCUT2D eigenvalue weighted by atomic mass is 35.5. The summed E-state index contributed by atoms with van der Waals surface area (Å²) in [7, 11) is 0. The van der Waals surface area contributed by atoms with E-state index in [4.69, 9.17) is 11.5 Å². The van der Waals surface area contributed by atoms with Crippen LogP contribution in [0.15, 0.2) is 71.7 Å². The number of nitrogens with zero attached hydrogens (tertiary/aromatic N) is 4. The van der Waals surface area contributed by atoms with E-state index in [1.54, 1.807) is 42.6 Å². The van der Waals surface area contributed by atoms with Gasteiger partial charge in [0.05, 0.1) is 11.7 Å². The molecule has 2 heterocycles. The summed E-state index contributed by atoms with van der Waals surface area (Å²) in [6.07, 6.45) is 4.89. The first-order valence-corrected chi connectivity index (χ1v) is 13.4. The van der Waals surface area contributed by atoms with Gasteiger partial charge in [-0.05, 0) is 97.3 Å². The fraction of sp³-hybridized carbons (Fsp3) is 0.310. The number of rotatable bonds is 8. The molecule has 1 saturated carbocycles. The standard InChI is InChI=1S/C29H32N8O3.ClH/c30-17-19-5-9-22(10-6-19)28(39)37(23-13-11-21(12-14-23)26-33-35-36-34-26)29(40)25(31)16-18-3-7-20(8-4-18)24-2-1-15-32-27(24)38;/h1-4,7-8,11-15,19,22,25H,5-6,9-10,16-17,30-31H2,(H,32,38)(H,33,34,35,36);1H/t19?,22?,25-;/m0./s1. The van der Waals surface area contributed by atoms with E-state index in [1.807, 2.05) is 24.3 Å². The van der Waals surface area contributed by atoms with Crippen molar-refractivity contribution in [2.24, 2.45) is 23.3 Å². The molecule has 214 valence electrons. The number of benzene rings is 2. The zero-order valence-electron chi connectivity index (χ0n) is 22.4. The Labute approximate surface area is 243 Å². The Hall–Kier alpha value is -4.19. The van der Waals surface area contributed by atoms with Crippen molar-refractivity contribution in [2.45, 2.75) is 38.1 Å². The minimum atomic E-state index is -0.952. The number of hydrogen-bond donors (Lipinski definition) is 4. The zero-order valence-corrected chi connectivity index (χ0v) is 23.2. The molecule has 2 aromatic carbocycles. The van der Waals surface area contributed by atoms with Gasteiger partial charge in [0.2, 0.25) is 11.7 Å². The van der Waals surface area contributed by atoms with Gasteiger partial charge in [-0.2, -0.15) is 5.21 Å². The van der Waals surface area contributed by atoms with E-state index < -0.39 is 11.9 Å². The number of anilines is 1. The number of nitrogens with one attached hydrogen (secondary N) is 2. The molecular weight excluding hydrogens is 544 g/mol. The van der Waals surface area contributed by atoms with Crippen LogP contribution in [0.1, 0.15) is 31.2 Å². The van der Waals surface area contributed by atoms with Crippen molar-refractivity contribution in [3.8, 4) is 22.5 Å². The first-order valence-electron chi connectivity index (χ1n) is 13.4. The molecule has 1 fully saturated rings. The maximum absolute atomic E-state index is 13.8. The Morgan fingerprint density at radius 1 is 0.976 bits per heavy atom. The summed E-state index contributed by atoms with van der Waals surface area (Å²) in [6.45, 7) is 0.601. The average Bonchev–Trinajstić information content (AvgIpc) is 3.53. The van der Waals surface area contributed by atoms with Crippen LogP contribution >= 0.6 is 12.4 Å². The molecule has 1 aliphatic carbocycles. The van der Waals surface area contributed by atoms with E-state index >= 15 is 0 Å². The molecule has 1 atom stereocenters. The monoisotopic (exact) mass is 576 g/mol. The third kappa shape index (κ3) is 6.76. The van der Waals surface area contributed by atoms with Crippen LogP contribution < -0.4 is 21.9 Å². The highest BCUT2D eigenvalue weighted by Crippen LogP contribution is 2.32. The largest absolute Gasteiger partial charge is 0.330 e. The average molecular weight is 577 g/mol. The summed E-state index contributed by atoms with van der Waals surface area (Å²) in [5.74, 6) is -0.185. The van der Waals surface area contributed by atoms with E-state index in [-0.39, 0.29) is 36.2 Å². The van der Waals surface area contributed by atoms with Crippen molar-refractivity contribution in [1.29, 1.82) is 0 Å². The molecule has 2 aromatic heterocycles. The summed E-state index contributed by atoms with van der Waals surface area (Å²) in [6, 6.07) is 16.8. The number of amides is 2. The van der Waals surface area contributed by atoms with Gasteiger partial charge in [-0.3, -0.25) is 14.4 Å². The van der Waals surface area contributed by atoms with Gasteiger partial charge in [-0.1, -0.05) is 24.3 Å². The van der Waals surface area contributed by atoms with Crippen LogP contribution in [0.25, 0.3) is 22.5 Å². The Balaban J connectivity index is 0.00000387. The Kier molecular flexibility index (Phi) is 9.77. The maximum Gasteiger partial charge on any atom is 0.255 e. The van der Waals surface area contributed by atoms with E-state index in [1.165, 1.54) is 4.90 Å². The van der Waals surface area contributed by atoms with Crippen LogP contribution in [0.4, 0.5) is 5.69 Å². The molecule has 4 aromatic rings. The third-order valence-corrected chi connectivity index (χ3v) is 7.56. The van der Waals surface area contributed by atoms with Crippen LogP contribution in [0.2, 0.25) is 0 Å². The molecule has 0 unspecified atom stereocenters. The van der Waals surface area contributed by atoms with Gasteiger partial charge in [0.15, 0.2) is 0 Å². The molecule has 0 aliphatic heterocycles. The SMILES string of the molecule is Cl.NCC1CCC(C(=O)N(C(=O)[C@@H](N)Cc2ccc(-c3ccc[nH]c3=O)cc2)c2ccc(-c3nn[nH]n3)cc2)CC1. The number of tetrazole rings is 1. The van der Waals surface area contributed by atoms with Gasteiger partial charge in [0.1, 0.15) is 0 Å². The number of aromatic nitrogens is 5. The number of carbonyl (C=O) groups is 2. The van der Waals surface area contributed by atoms with Crippen molar-refractivity contribution in [1.82, 2.24) is 25.6 Å². The molecule has 11 nitrogen and oxygen atoms in total. The molecule has 2 amide bonds. The lowest BCUT2D eigenvalue weighted by atomic mass is 9.81. The number of H-pyrrole nitrogens is 2. The minimum Gasteiger partial charge on any atom is -0.330 e. The number of aromatic amines is 2. The minimum absolute atomic E-state index is 0. The van der Waals surface area contributed by atoms with Crippen molar-refractivity contribution in [3.05, 3.63) is 82.8 Å². The summed E-state index contributed by atoms with van der Waals surface area (Å²) >= 11 is 0. The van der Waals surface area contributed by atoms with Crippen molar-refractivity contribution >= 4 is 29.9 Å². The van der Waals surface area contributed by atoms with Crippen LogP contribution in [0.5, 0.6) is 0 Å². The second-order valence-electron chi connectivity index (χ2n) is 10.2. The fourth-order valence-corrected chi connectivity index (χ4v) is 5.21. The number of hydrogen-bond acceptors (Lipinski definition) is 8. The topological polar surface area (TPSA) is 177 Å². The number of imide groups is 1. The lowest BCUT2D eigenvalue weighted by Gasteiger charge is -2.32. The van der Waals surface area contributed by atoms with Crippen LogP contribution in [-0.2, 0) is 16.0 Å². The first kappa shape index (κ1) is 29.8. The molecule has 0 radical (unpaired) electrons. The molecule has 0 bridgehead atoms. The molecule has 5 rings (SSSR count). The Morgan fingerprint density at radius 3 is 2.27 bits per heavy atom. The van der Waals surface area contributed by atoms with Crippen LogP contribution in [0, 0.1) is 11.8 Å². The normalized spacial score (nSPS) is 17.3. The summed E-state index contributed by atoms with van der Waals surface area (Å²) < 4.78 is 0. The van der Waals surface area contributed by atoms with Gasteiger partial charge >= 0.3 is 0 Å². The summed E-state index contributed by atoms with van der Waals surface area (Å²) in [4.78, 5) is 43.6. The van der Waals surface area contributed by atoms with Gasteiger partial charge in [-0.25, -0.2) is 4.90 Å². The second kappa shape index (κ2) is 13.4. The Bertz CT molecular complexity index is 1500. The fourth-order valence-electron chi connectivity index (χ4n) is 5.21. The van der Waals surface area contributed by atoms with E-state index in [9.17, 15) is 14.4 Å². The predicted octanol–water partition coefficient (Wildman–Crippen LogP) is 2.84. The lowest BCUT2D eigenvalue weighted by Crippen LogP contribution is -2.50. The second-order valence-corrected chi connectivity index (χ2v) is 10.2. The van der Waals surface area contributed by atoms with Crippen LogP contribution in [0.3, 0.4) is 0 Å². The van der Waals surface area contributed by atoms with Gasteiger partial charge < -0.3 is 16.5 Å². The molecule has 0 saturated heterocycles. The molecule has 41 heavy (non-hydrogen) atoms. The van der Waals surface area contributed by atoms with Crippen molar-refractivity contribution in [3.63, 3.8) is 0 Å². The molecule has 6 N–H and O–H groups in total. The first-order chi connectivity index (χ1) is 19.4. The van der Waals surface area contributed by atoms with E-state index in [0.717, 1.165) is 24.0 Å². The van der Waals surface area contributed by atoms with Gasteiger partial charge in [-0.15, -0.1) is 22.6 Å².